The van der Waals surface area contributed by atoms with E-state index in [0.29, 0.717) is 22.6 Å². The molecular weight excluding hydrogens is 453 g/mol. The Morgan fingerprint density at radius 1 is 0.848 bits per heavy atom. The highest BCUT2D eigenvalue weighted by atomic mass is 32.2. The fraction of sp³-hybridized carbons (Fsp3) is 0.0870. The first kappa shape index (κ1) is 22.4. The summed E-state index contributed by atoms with van der Waals surface area (Å²) >= 11 is 0. The molecule has 0 aliphatic carbocycles. The van der Waals surface area contributed by atoms with E-state index in [1.807, 2.05) is 24.3 Å². The van der Waals surface area contributed by atoms with Crippen LogP contribution in [0.3, 0.4) is 0 Å². The second-order valence-corrected chi connectivity index (χ2v) is 9.19. The molecule has 1 heterocycles. The van der Waals surface area contributed by atoms with E-state index in [1.54, 1.807) is 24.3 Å². The van der Waals surface area contributed by atoms with Gasteiger partial charge in [0.25, 0.3) is 0 Å². The van der Waals surface area contributed by atoms with Crippen LogP contribution in [0.15, 0.2) is 78.9 Å². The molecular formula is C23H19F3N4O2S. The average molecular weight is 472 g/mol. The highest BCUT2D eigenvalue weighted by Gasteiger charge is 2.35. The van der Waals surface area contributed by atoms with Gasteiger partial charge in [-0.3, -0.25) is 4.72 Å². The largest absolute Gasteiger partial charge is 0.435 e. The molecule has 33 heavy (non-hydrogen) atoms. The maximum atomic E-state index is 13.4. The zero-order valence-electron chi connectivity index (χ0n) is 17.3. The number of nitrogens with zero attached hydrogens (tertiary/aromatic N) is 2. The van der Waals surface area contributed by atoms with E-state index < -0.39 is 21.9 Å². The molecule has 0 spiro atoms. The number of nitrogen functional groups attached to an aromatic ring is 1. The molecule has 0 saturated carbocycles. The molecule has 1 aromatic heterocycles. The molecule has 6 nitrogen and oxygen atoms in total. The van der Waals surface area contributed by atoms with Crippen molar-refractivity contribution in [2.45, 2.75) is 6.18 Å². The summed E-state index contributed by atoms with van der Waals surface area (Å²) in [6.45, 7) is 0. The third-order valence-corrected chi connectivity index (χ3v) is 5.45. The Morgan fingerprint density at radius 2 is 1.36 bits per heavy atom. The number of halogens is 3. The van der Waals surface area contributed by atoms with Crippen molar-refractivity contribution in [3.8, 4) is 28.1 Å². The fourth-order valence-corrected chi connectivity index (χ4v) is 3.88. The maximum Gasteiger partial charge on any atom is 0.435 e. The van der Waals surface area contributed by atoms with Crippen LogP contribution in [-0.2, 0) is 16.2 Å². The molecule has 0 amide bonds. The number of nitrogens with two attached hydrogens (primary N) is 1. The number of hydrogen-bond acceptors (Lipinski definition) is 4. The molecule has 0 unspecified atom stereocenters. The van der Waals surface area contributed by atoms with Gasteiger partial charge in [0.05, 0.1) is 17.6 Å². The summed E-state index contributed by atoms with van der Waals surface area (Å²) < 4.78 is 66.5. The number of sulfonamides is 1. The second kappa shape index (κ2) is 8.28. The van der Waals surface area contributed by atoms with Gasteiger partial charge in [-0.25, -0.2) is 13.1 Å². The Kier molecular flexibility index (Phi) is 5.62. The van der Waals surface area contributed by atoms with Crippen molar-refractivity contribution in [1.82, 2.24) is 9.78 Å². The number of rotatable bonds is 5. The molecule has 3 aromatic carbocycles. The minimum Gasteiger partial charge on any atom is -0.399 e. The smallest absolute Gasteiger partial charge is 0.399 e. The number of anilines is 2. The molecule has 4 rings (SSSR count). The van der Waals surface area contributed by atoms with E-state index >= 15 is 0 Å². The minimum atomic E-state index is -4.62. The Balaban J connectivity index is 1.74. The lowest BCUT2D eigenvalue weighted by molar-refractivity contribution is -0.141. The van der Waals surface area contributed by atoms with Gasteiger partial charge in [0, 0.05) is 16.9 Å². The fourth-order valence-electron chi connectivity index (χ4n) is 3.32. The lowest BCUT2D eigenvalue weighted by Crippen LogP contribution is -2.10. The number of nitrogens with one attached hydrogen (secondary N) is 1. The van der Waals surface area contributed by atoms with Crippen molar-refractivity contribution in [3.05, 3.63) is 84.6 Å². The third kappa shape index (κ3) is 5.17. The highest BCUT2D eigenvalue weighted by Crippen LogP contribution is 2.34. The summed E-state index contributed by atoms with van der Waals surface area (Å²) in [7, 11) is -3.48. The second-order valence-electron chi connectivity index (χ2n) is 7.44. The number of alkyl halides is 3. The van der Waals surface area contributed by atoms with Crippen LogP contribution in [0.2, 0.25) is 0 Å². The van der Waals surface area contributed by atoms with E-state index in [1.165, 1.54) is 28.9 Å². The van der Waals surface area contributed by atoms with Crippen LogP contribution in [0.4, 0.5) is 24.5 Å². The van der Waals surface area contributed by atoms with Gasteiger partial charge < -0.3 is 5.73 Å². The van der Waals surface area contributed by atoms with E-state index in [0.717, 1.165) is 23.4 Å². The van der Waals surface area contributed by atoms with Crippen LogP contribution in [0.25, 0.3) is 28.1 Å². The Hall–Kier alpha value is -3.79. The third-order valence-electron chi connectivity index (χ3n) is 4.84. The van der Waals surface area contributed by atoms with E-state index in [2.05, 4.69) is 9.82 Å². The lowest BCUT2D eigenvalue weighted by atomic mass is 10.0. The summed E-state index contributed by atoms with van der Waals surface area (Å²) in [5.41, 5.74) is 8.56. The predicted octanol–water partition coefficient (Wildman–Crippen LogP) is 5.18. The van der Waals surface area contributed by atoms with Gasteiger partial charge in [0.15, 0.2) is 5.69 Å². The normalized spacial score (nSPS) is 12.0. The molecule has 3 N–H and O–H groups in total. The Morgan fingerprint density at radius 3 is 1.88 bits per heavy atom. The molecule has 10 heteroatoms. The van der Waals surface area contributed by atoms with Gasteiger partial charge in [-0.15, -0.1) is 0 Å². The number of benzene rings is 3. The van der Waals surface area contributed by atoms with E-state index in [-0.39, 0.29) is 5.69 Å². The van der Waals surface area contributed by atoms with Crippen LogP contribution in [0, 0.1) is 0 Å². The molecule has 0 saturated heterocycles. The van der Waals surface area contributed by atoms with Gasteiger partial charge in [-0.05, 0) is 53.6 Å². The predicted molar refractivity (Wildman–Crippen MR) is 122 cm³/mol. The van der Waals surface area contributed by atoms with Crippen LogP contribution >= 0.6 is 0 Å². The molecule has 0 fully saturated rings. The van der Waals surface area contributed by atoms with Crippen molar-refractivity contribution in [2.24, 2.45) is 0 Å². The first-order valence-electron chi connectivity index (χ1n) is 9.71. The first-order chi connectivity index (χ1) is 15.5. The van der Waals surface area contributed by atoms with Gasteiger partial charge in [-0.2, -0.15) is 18.3 Å². The first-order valence-corrected chi connectivity index (χ1v) is 11.6. The van der Waals surface area contributed by atoms with Gasteiger partial charge in [-0.1, -0.05) is 36.4 Å². The van der Waals surface area contributed by atoms with Crippen molar-refractivity contribution < 1.29 is 21.6 Å². The topological polar surface area (TPSA) is 90.0 Å². The standard InChI is InChI=1S/C23H19F3N4O2S/c1-33(31,32)29-19-10-12-20(13-11-19)30-21(14-22(28-30)23(24,25)26)17-4-2-15(3-5-17)16-6-8-18(27)9-7-16/h2-14,29H,27H2,1H3. The van der Waals surface area contributed by atoms with Crippen molar-refractivity contribution in [3.63, 3.8) is 0 Å². The maximum absolute atomic E-state index is 13.4. The number of hydrogen-bond donors (Lipinski definition) is 2. The van der Waals surface area contributed by atoms with Crippen LogP contribution < -0.4 is 10.5 Å². The van der Waals surface area contributed by atoms with Crippen LogP contribution in [0.1, 0.15) is 5.69 Å². The Bertz CT molecular complexity index is 1380. The summed E-state index contributed by atoms with van der Waals surface area (Å²) in [6, 6.07) is 21.2. The SMILES string of the molecule is CS(=O)(=O)Nc1ccc(-n2nc(C(F)(F)F)cc2-c2ccc(-c3ccc(N)cc3)cc2)cc1. The molecule has 0 bridgehead atoms. The lowest BCUT2D eigenvalue weighted by Gasteiger charge is -2.10. The quantitative estimate of drug-likeness (QED) is 0.392. The minimum absolute atomic E-state index is 0.245. The molecule has 0 atom stereocenters. The molecule has 0 aliphatic rings. The summed E-state index contributed by atoms with van der Waals surface area (Å²) in [5.74, 6) is 0. The van der Waals surface area contributed by atoms with Crippen molar-refractivity contribution >= 4 is 21.4 Å². The molecule has 0 aliphatic heterocycles. The Labute approximate surface area is 188 Å². The van der Waals surface area contributed by atoms with E-state index in [4.69, 9.17) is 5.73 Å². The number of aromatic nitrogens is 2. The van der Waals surface area contributed by atoms with Gasteiger partial charge in [0.1, 0.15) is 0 Å². The van der Waals surface area contributed by atoms with Crippen LogP contribution in [-0.4, -0.2) is 24.5 Å². The van der Waals surface area contributed by atoms with Crippen molar-refractivity contribution in [1.29, 1.82) is 0 Å². The zero-order chi connectivity index (χ0) is 23.8. The summed E-state index contributed by atoms with van der Waals surface area (Å²) in [5, 5.41) is 3.76. The molecule has 4 aromatic rings. The summed E-state index contributed by atoms with van der Waals surface area (Å²) in [4.78, 5) is 0. The highest BCUT2D eigenvalue weighted by molar-refractivity contribution is 7.92. The van der Waals surface area contributed by atoms with Crippen LogP contribution in [0.5, 0.6) is 0 Å². The van der Waals surface area contributed by atoms with Gasteiger partial charge in [0.2, 0.25) is 10.0 Å². The molecule has 170 valence electrons. The van der Waals surface area contributed by atoms with E-state index in [9.17, 15) is 21.6 Å². The average Bonchev–Trinajstić information content (AvgIpc) is 3.20. The van der Waals surface area contributed by atoms with Crippen molar-refractivity contribution in [2.75, 3.05) is 16.7 Å². The van der Waals surface area contributed by atoms with Gasteiger partial charge >= 0.3 is 6.18 Å². The summed E-state index contributed by atoms with van der Waals surface area (Å²) in [6.07, 6.45) is -3.61. The monoisotopic (exact) mass is 472 g/mol. The zero-order valence-corrected chi connectivity index (χ0v) is 18.2. The molecule has 0 radical (unpaired) electrons.